The number of amides is 2. The number of aryl methyl sites for hydroxylation is 1. The Hall–Kier alpha value is -2.95. The van der Waals surface area contributed by atoms with E-state index in [4.69, 9.17) is 0 Å². The number of carbonyl (C=O) groups is 3. The molecule has 0 aromatic heterocycles. The summed E-state index contributed by atoms with van der Waals surface area (Å²) in [7, 11) is 0. The van der Waals surface area contributed by atoms with E-state index in [9.17, 15) is 14.4 Å². The van der Waals surface area contributed by atoms with Crippen molar-refractivity contribution < 1.29 is 14.4 Å². The number of anilines is 2. The van der Waals surface area contributed by atoms with Crippen LogP contribution < -0.4 is 10.6 Å². The number of nitrogens with one attached hydrogen (secondary N) is 2. The first-order valence-corrected chi connectivity index (χ1v) is 8.78. The Kier molecular flexibility index (Phi) is 5.16. The molecule has 1 aliphatic heterocycles. The van der Waals surface area contributed by atoms with E-state index < -0.39 is 0 Å². The fourth-order valence-corrected chi connectivity index (χ4v) is 2.99. The van der Waals surface area contributed by atoms with E-state index in [0.717, 1.165) is 16.8 Å². The van der Waals surface area contributed by atoms with E-state index >= 15 is 0 Å². The van der Waals surface area contributed by atoms with Crippen LogP contribution in [0.2, 0.25) is 0 Å². The number of Topliss-reactive ketones (excluding diaryl/α,β-unsaturated/α-hetero) is 1. The van der Waals surface area contributed by atoms with Gasteiger partial charge in [-0.2, -0.15) is 0 Å². The molecule has 5 heteroatoms. The summed E-state index contributed by atoms with van der Waals surface area (Å²) < 4.78 is 0. The van der Waals surface area contributed by atoms with E-state index in [1.807, 2.05) is 32.0 Å². The second-order valence-electron chi connectivity index (χ2n) is 6.86. The first-order valence-electron chi connectivity index (χ1n) is 8.78. The lowest BCUT2D eigenvalue weighted by Gasteiger charge is -2.17. The topological polar surface area (TPSA) is 75.3 Å². The molecule has 0 aliphatic carbocycles. The SMILES string of the molecule is CC(C)C(=O)c1ccc(NC(=O)Cc2ccc3c(c2)CCC(=O)N3)cc1. The monoisotopic (exact) mass is 350 g/mol. The lowest BCUT2D eigenvalue weighted by molar-refractivity contribution is -0.117. The number of ketones is 1. The minimum atomic E-state index is -0.118. The van der Waals surface area contributed by atoms with Gasteiger partial charge in [0.1, 0.15) is 0 Å². The van der Waals surface area contributed by atoms with Crippen LogP contribution in [-0.4, -0.2) is 17.6 Å². The van der Waals surface area contributed by atoms with Gasteiger partial charge in [-0.1, -0.05) is 26.0 Å². The van der Waals surface area contributed by atoms with Crippen LogP contribution in [0, 0.1) is 5.92 Å². The van der Waals surface area contributed by atoms with Gasteiger partial charge < -0.3 is 10.6 Å². The fourth-order valence-electron chi connectivity index (χ4n) is 2.99. The molecule has 1 heterocycles. The van der Waals surface area contributed by atoms with Gasteiger partial charge >= 0.3 is 0 Å². The summed E-state index contributed by atoms with van der Waals surface area (Å²) >= 11 is 0. The summed E-state index contributed by atoms with van der Waals surface area (Å²) in [6, 6.07) is 12.6. The van der Waals surface area contributed by atoms with Gasteiger partial charge in [-0.05, 0) is 47.9 Å². The highest BCUT2D eigenvalue weighted by molar-refractivity contribution is 5.98. The normalized spacial score (nSPS) is 13.1. The molecule has 134 valence electrons. The van der Waals surface area contributed by atoms with Gasteiger partial charge in [-0.3, -0.25) is 14.4 Å². The molecule has 5 nitrogen and oxygen atoms in total. The molecule has 26 heavy (non-hydrogen) atoms. The number of hydrogen-bond donors (Lipinski definition) is 2. The van der Waals surface area contributed by atoms with E-state index in [-0.39, 0.29) is 29.9 Å². The second kappa shape index (κ2) is 7.52. The van der Waals surface area contributed by atoms with Crippen molar-refractivity contribution in [2.45, 2.75) is 33.1 Å². The highest BCUT2D eigenvalue weighted by Crippen LogP contribution is 2.24. The summed E-state index contributed by atoms with van der Waals surface area (Å²) in [5.74, 6) is -0.0524. The maximum absolute atomic E-state index is 12.3. The van der Waals surface area contributed by atoms with E-state index in [2.05, 4.69) is 10.6 Å². The van der Waals surface area contributed by atoms with E-state index in [1.165, 1.54) is 0 Å². The van der Waals surface area contributed by atoms with Gasteiger partial charge in [-0.25, -0.2) is 0 Å². The Morgan fingerprint density at radius 2 is 1.81 bits per heavy atom. The minimum absolute atomic E-state index is 0.0300. The molecule has 0 unspecified atom stereocenters. The molecule has 0 bridgehead atoms. The van der Waals surface area contributed by atoms with Crippen molar-refractivity contribution in [1.82, 2.24) is 0 Å². The Balaban J connectivity index is 1.62. The molecular formula is C21H22N2O3. The molecule has 3 rings (SSSR count). The predicted octanol–water partition coefficient (Wildman–Crippen LogP) is 3.59. The molecule has 0 fully saturated rings. The molecule has 0 saturated heterocycles. The molecule has 2 amide bonds. The molecule has 0 atom stereocenters. The highest BCUT2D eigenvalue weighted by Gasteiger charge is 2.15. The summed E-state index contributed by atoms with van der Waals surface area (Å²) in [6.07, 6.45) is 1.43. The third-order valence-electron chi connectivity index (χ3n) is 4.41. The maximum Gasteiger partial charge on any atom is 0.228 e. The molecule has 1 aliphatic rings. The maximum atomic E-state index is 12.3. The van der Waals surface area contributed by atoms with Crippen LogP contribution in [0.5, 0.6) is 0 Å². The summed E-state index contributed by atoms with van der Waals surface area (Å²) in [5.41, 5.74) is 4.11. The molecule has 0 spiro atoms. The molecule has 0 saturated carbocycles. The van der Waals surface area contributed by atoms with Crippen molar-refractivity contribution in [2.24, 2.45) is 5.92 Å². The number of fused-ring (bicyclic) bond motifs is 1. The average Bonchev–Trinajstić information content (AvgIpc) is 2.61. The number of hydrogen-bond acceptors (Lipinski definition) is 3. The smallest absolute Gasteiger partial charge is 0.228 e. The molecule has 2 aromatic rings. The Morgan fingerprint density at radius 1 is 1.08 bits per heavy atom. The van der Waals surface area contributed by atoms with Gasteiger partial charge in [0, 0.05) is 29.3 Å². The minimum Gasteiger partial charge on any atom is -0.326 e. The fraction of sp³-hybridized carbons (Fsp3) is 0.286. The number of carbonyl (C=O) groups excluding carboxylic acids is 3. The zero-order valence-electron chi connectivity index (χ0n) is 15.0. The van der Waals surface area contributed by atoms with Gasteiger partial charge in [0.05, 0.1) is 6.42 Å². The first kappa shape index (κ1) is 17.9. The van der Waals surface area contributed by atoms with Crippen molar-refractivity contribution in [3.8, 4) is 0 Å². The molecule has 0 radical (unpaired) electrons. The second-order valence-corrected chi connectivity index (χ2v) is 6.86. The Bertz CT molecular complexity index is 854. The molecule has 2 aromatic carbocycles. The van der Waals surface area contributed by atoms with Crippen molar-refractivity contribution in [2.75, 3.05) is 10.6 Å². The van der Waals surface area contributed by atoms with Crippen LogP contribution in [0.25, 0.3) is 0 Å². The van der Waals surface area contributed by atoms with Crippen LogP contribution >= 0.6 is 0 Å². The lowest BCUT2D eigenvalue weighted by atomic mass is 9.99. The molecular weight excluding hydrogens is 328 g/mol. The predicted molar refractivity (Wildman–Crippen MR) is 101 cm³/mol. The zero-order valence-corrected chi connectivity index (χ0v) is 15.0. The van der Waals surface area contributed by atoms with Crippen LogP contribution in [0.4, 0.5) is 11.4 Å². The van der Waals surface area contributed by atoms with E-state index in [1.54, 1.807) is 24.3 Å². The quantitative estimate of drug-likeness (QED) is 0.809. The summed E-state index contributed by atoms with van der Waals surface area (Å²) in [4.78, 5) is 35.6. The molecule has 2 N–H and O–H groups in total. The highest BCUT2D eigenvalue weighted by atomic mass is 16.2. The first-order chi connectivity index (χ1) is 12.4. The largest absolute Gasteiger partial charge is 0.326 e. The Labute approximate surface area is 152 Å². The summed E-state index contributed by atoms with van der Waals surface area (Å²) in [6.45, 7) is 3.73. The Morgan fingerprint density at radius 3 is 2.50 bits per heavy atom. The van der Waals surface area contributed by atoms with Gasteiger partial charge in [0.2, 0.25) is 11.8 Å². The van der Waals surface area contributed by atoms with Crippen molar-refractivity contribution in [3.05, 3.63) is 59.2 Å². The van der Waals surface area contributed by atoms with Crippen LogP contribution in [0.15, 0.2) is 42.5 Å². The van der Waals surface area contributed by atoms with Crippen LogP contribution in [-0.2, 0) is 22.4 Å². The summed E-state index contributed by atoms with van der Waals surface area (Å²) in [5, 5.41) is 5.69. The van der Waals surface area contributed by atoms with Crippen LogP contribution in [0.1, 0.15) is 41.8 Å². The lowest BCUT2D eigenvalue weighted by Crippen LogP contribution is -2.19. The van der Waals surface area contributed by atoms with E-state index in [0.29, 0.717) is 24.1 Å². The van der Waals surface area contributed by atoms with Gasteiger partial charge in [-0.15, -0.1) is 0 Å². The number of rotatable bonds is 5. The van der Waals surface area contributed by atoms with Crippen LogP contribution in [0.3, 0.4) is 0 Å². The van der Waals surface area contributed by atoms with Gasteiger partial charge in [0.15, 0.2) is 5.78 Å². The van der Waals surface area contributed by atoms with Gasteiger partial charge in [0.25, 0.3) is 0 Å². The van der Waals surface area contributed by atoms with Crippen molar-refractivity contribution in [3.63, 3.8) is 0 Å². The number of benzene rings is 2. The zero-order chi connectivity index (χ0) is 18.7. The average molecular weight is 350 g/mol. The van der Waals surface area contributed by atoms with Crippen molar-refractivity contribution >= 4 is 29.0 Å². The van der Waals surface area contributed by atoms with Crippen molar-refractivity contribution in [1.29, 1.82) is 0 Å². The standard InChI is InChI=1S/C21H22N2O3/c1-13(2)21(26)15-4-7-17(8-5-15)22-20(25)12-14-3-9-18-16(11-14)6-10-19(24)23-18/h3-5,7-9,11,13H,6,10,12H2,1-2H3,(H,22,25)(H,23,24). The third kappa shape index (κ3) is 4.17. The third-order valence-corrected chi connectivity index (χ3v) is 4.41.